The average molecular weight is 307 g/mol. The lowest BCUT2D eigenvalue weighted by Crippen LogP contribution is -2.23. The van der Waals surface area contributed by atoms with Crippen molar-refractivity contribution in [1.29, 1.82) is 0 Å². The molecular weight excluding hydrogens is 293 g/mol. The molecule has 1 aromatic carbocycles. The number of anilines is 3. The Morgan fingerprint density at radius 3 is 2.52 bits per heavy atom. The fourth-order valence-electron chi connectivity index (χ4n) is 1.52. The predicted octanol–water partition coefficient (Wildman–Crippen LogP) is 1.90. The van der Waals surface area contributed by atoms with Crippen LogP contribution in [0.3, 0.4) is 0 Å². The number of amides is 1. The summed E-state index contributed by atoms with van der Waals surface area (Å²) in [5.74, 6) is -0.402. The Morgan fingerprint density at radius 1 is 1.29 bits per heavy atom. The highest BCUT2D eigenvalue weighted by Crippen LogP contribution is 2.23. The minimum absolute atomic E-state index is 0.128. The Labute approximate surface area is 125 Å². The predicted molar refractivity (Wildman–Crippen MR) is 81.2 cm³/mol. The topological polar surface area (TPSA) is 107 Å². The van der Waals surface area contributed by atoms with Gasteiger partial charge >= 0.3 is 0 Å². The highest BCUT2D eigenvalue weighted by atomic mass is 32.2. The number of nitrogen functional groups attached to an aromatic ring is 2. The molecule has 1 aromatic heterocycles. The molecule has 0 aliphatic carbocycles. The van der Waals surface area contributed by atoms with Crippen LogP contribution < -0.4 is 16.8 Å². The first kappa shape index (κ1) is 15.0. The Bertz CT molecular complexity index is 647. The standard InChI is InChI=1S/C13H14FN5OS/c1-7(21-13-18-10(15)6-11(16)19-13)12(20)17-9-5-3-2-4-8(9)14/h2-7H,1H3,(H,17,20)(H4,15,16,18,19). The van der Waals surface area contributed by atoms with Crippen molar-refractivity contribution in [3.05, 3.63) is 36.1 Å². The van der Waals surface area contributed by atoms with Crippen molar-refractivity contribution in [3.63, 3.8) is 0 Å². The van der Waals surface area contributed by atoms with E-state index >= 15 is 0 Å². The van der Waals surface area contributed by atoms with Gasteiger partial charge in [-0.25, -0.2) is 14.4 Å². The van der Waals surface area contributed by atoms with Crippen molar-refractivity contribution >= 4 is 35.0 Å². The molecule has 0 saturated carbocycles. The lowest BCUT2D eigenvalue weighted by molar-refractivity contribution is -0.115. The van der Waals surface area contributed by atoms with E-state index in [1.54, 1.807) is 19.1 Å². The molecule has 0 radical (unpaired) electrons. The van der Waals surface area contributed by atoms with Crippen molar-refractivity contribution in [3.8, 4) is 0 Å². The first-order valence-corrected chi connectivity index (χ1v) is 6.96. The zero-order chi connectivity index (χ0) is 15.4. The normalized spacial score (nSPS) is 11.9. The summed E-state index contributed by atoms with van der Waals surface area (Å²) in [6.45, 7) is 1.66. The molecule has 8 heteroatoms. The van der Waals surface area contributed by atoms with E-state index in [2.05, 4.69) is 15.3 Å². The largest absolute Gasteiger partial charge is 0.383 e. The van der Waals surface area contributed by atoms with Crippen LogP contribution in [-0.2, 0) is 4.79 Å². The maximum Gasteiger partial charge on any atom is 0.237 e. The van der Waals surface area contributed by atoms with E-state index in [9.17, 15) is 9.18 Å². The number of hydrogen-bond acceptors (Lipinski definition) is 6. The van der Waals surface area contributed by atoms with Crippen molar-refractivity contribution in [1.82, 2.24) is 9.97 Å². The number of halogens is 1. The number of nitrogens with two attached hydrogens (primary N) is 2. The third kappa shape index (κ3) is 4.06. The first-order chi connectivity index (χ1) is 9.95. The third-order valence-corrected chi connectivity index (χ3v) is 3.49. The highest BCUT2D eigenvalue weighted by molar-refractivity contribution is 8.00. The summed E-state index contributed by atoms with van der Waals surface area (Å²) in [4.78, 5) is 20.0. The van der Waals surface area contributed by atoms with Crippen LogP contribution in [-0.4, -0.2) is 21.1 Å². The lowest BCUT2D eigenvalue weighted by atomic mass is 10.3. The molecule has 0 bridgehead atoms. The maximum absolute atomic E-state index is 13.5. The van der Waals surface area contributed by atoms with Gasteiger partial charge in [0.15, 0.2) is 5.16 Å². The number of aromatic nitrogens is 2. The van der Waals surface area contributed by atoms with Crippen LogP contribution in [0.15, 0.2) is 35.5 Å². The number of benzene rings is 1. The van der Waals surface area contributed by atoms with Gasteiger partial charge in [0.25, 0.3) is 0 Å². The quantitative estimate of drug-likeness (QED) is 0.588. The molecular formula is C13H14FN5OS. The summed E-state index contributed by atoms with van der Waals surface area (Å²) in [6.07, 6.45) is 0. The fourth-order valence-corrected chi connectivity index (χ4v) is 2.32. The van der Waals surface area contributed by atoms with Gasteiger partial charge in [-0.05, 0) is 19.1 Å². The molecule has 0 spiro atoms. The van der Waals surface area contributed by atoms with E-state index in [1.807, 2.05) is 0 Å². The van der Waals surface area contributed by atoms with E-state index in [0.29, 0.717) is 5.16 Å². The van der Waals surface area contributed by atoms with E-state index < -0.39 is 11.1 Å². The molecule has 6 nitrogen and oxygen atoms in total. The first-order valence-electron chi connectivity index (χ1n) is 6.08. The van der Waals surface area contributed by atoms with Crippen LogP contribution in [0.4, 0.5) is 21.7 Å². The van der Waals surface area contributed by atoms with Gasteiger partial charge < -0.3 is 16.8 Å². The zero-order valence-corrected chi connectivity index (χ0v) is 12.0. The number of para-hydroxylation sites is 1. The van der Waals surface area contributed by atoms with Gasteiger partial charge in [0.1, 0.15) is 17.5 Å². The second-order valence-corrected chi connectivity index (χ2v) is 5.54. The maximum atomic E-state index is 13.5. The molecule has 0 aliphatic rings. The van der Waals surface area contributed by atoms with Crippen molar-refractivity contribution in [2.75, 3.05) is 16.8 Å². The fraction of sp³-hybridized carbons (Fsp3) is 0.154. The molecule has 21 heavy (non-hydrogen) atoms. The SMILES string of the molecule is CC(Sc1nc(N)cc(N)n1)C(=O)Nc1ccccc1F. The van der Waals surface area contributed by atoms with Gasteiger partial charge in [0, 0.05) is 6.07 Å². The third-order valence-electron chi connectivity index (χ3n) is 2.53. The van der Waals surface area contributed by atoms with Gasteiger partial charge in [0.2, 0.25) is 5.91 Å². The van der Waals surface area contributed by atoms with Crippen LogP contribution >= 0.6 is 11.8 Å². The summed E-state index contributed by atoms with van der Waals surface area (Å²) >= 11 is 1.09. The summed E-state index contributed by atoms with van der Waals surface area (Å²) in [5.41, 5.74) is 11.2. The molecule has 1 heterocycles. The minimum atomic E-state index is -0.536. The summed E-state index contributed by atoms with van der Waals surface area (Å²) in [7, 11) is 0. The van der Waals surface area contributed by atoms with Crippen molar-refractivity contribution in [2.45, 2.75) is 17.3 Å². The minimum Gasteiger partial charge on any atom is -0.383 e. The Morgan fingerprint density at radius 2 is 1.90 bits per heavy atom. The number of nitrogens with zero attached hydrogens (tertiary/aromatic N) is 2. The van der Waals surface area contributed by atoms with E-state index in [4.69, 9.17) is 11.5 Å². The van der Waals surface area contributed by atoms with Gasteiger partial charge in [-0.1, -0.05) is 23.9 Å². The molecule has 110 valence electrons. The average Bonchev–Trinajstić information content (AvgIpc) is 2.40. The molecule has 0 aliphatic heterocycles. The number of carbonyl (C=O) groups excluding carboxylic acids is 1. The van der Waals surface area contributed by atoms with Gasteiger partial charge in [-0.3, -0.25) is 4.79 Å². The molecule has 0 saturated heterocycles. The second-order valence-electron chi connectivity index (χ2n) is 4.23. The second kappa shape index (κ2) is 6.40. The van der Waals surface area contributed by atoms with E-state index in [1.165, 1.54) is 18.2 Å². The number of rotatable bonds is 4. The number of carbonyl (C=O) groups is 1. The van der Waals surface area contributed by atoms with Crippen LogP contribution in [0.25, 0.3) is 0 Å². The summed E-state index contributed by atoms with van der Waals surface area (Å²) < 4.78 is 13.5. The summed E-state index contributed by atoms with van der Waals surface area (Å²) in [6, 6.07) is 7.37. The smallest absolute Gasteiger partial charge is 0.237 e. The molecule has 1 atom stereocenters. The number of hydrogen-bond donors (Lipinski definition) is 3. The molecule has 1 unspecified atom stereocenters. The molecule has 0 fully saturated rings. The lowest BCUT2D eigenvalue weighted by Gasteiger charge is -2.12. The Hall–Kier alpha value is -2.35. The van der Waals surface area contributed by atoms with Crippen LogP contribution in [0, 0.1) is 5.82 Å². The van der Waals surface area contributed by atoms with Crippen LogP contribution in [0.1, 0.15) is 6.92 Å². The Balaban J connectivity index is 2.04. The molecule has 2 aromatic rings. The van der Waals surface area contributed by atoms with Crippen molar-refractivity contribution in [2.24, 2.45) is 0 Å². The van der Waals surface area contributed by atoms with Gasteiger partial charge in [-0.15, -0.1) is 0 Å². The van der Waals surface area contributed by atoms with Gasteiger partial charge in [0.05, 0.1) is 10.9 Å². The summed E-state index contributed by atoms with van der Waals surface area (Å²) in [5, 5.41) is 2.27. The molecule has 2 rings (SSSR count). The zero-order valence-electron chi connectivity index (χ0n) is 11.2. The van der Waals surface area contributed by atoms with Crippen molar-refractivity contribution < 1.29 is 9.18 Å². The number of thioether (sulfide) groups is 1. The van der Waals surface area contributed by atoms with Crippen LogP contribution in [0.2, 0.25) is 0 Å². The van der Waals surface area contributed by atoms with Gasteiger partial charge in [-0.2, -0.15) is 0 Å². The van der Waals surface area contributed by atoms with E-state index in [0.717, 1.165) is 11.8 Å². The number of nitrogens with one attached hydrogen (secondary N) is 1. The highest BCUT2D eigenvalue weighted by Gasteiger charge is 2.17. The molecule has 1 amide bonds. The van der Waals surface area contributed by atoms with E-state index in [-0.39, 0.29) is 23.2 Å². The Kier molecular flexibility index (Phi) is 4.59. The van der Waals surface area contributed by atoms with Crippen LogP contribution in [0.5, 0.6) is 0 Å². The molecule has 5 N–H and O–H groups in total. The monoisotopic (exact) mass is 307 g/mol.